The van der Waals surface area contributed by atoms with Gasteiger partial charge in [0.15, 0.2) is 0 Å². The first-order valence-electron chi connectivity index (χ1n) is 8.32. The average molecular weight is 474 g/mol. The lowest BCUT2D eigenvalue weighted by Gasteiger charge is -2.14. The Morgan fingerprint density at radius 2 is 1.87 bits per heavy atom. The fourth-order valence-corrected chi connectivity index (χ4v) is 4.50. The van der Waals surface area contributed by atoms with Gasteiger partial charge < -0.3 is 0 Å². The van der Waals surface area contributed by atoms with Crippen LogP contribution >= 0.6 is 24.0 Å². The number of hydrogen-bond acceptors (Lipinski definition) is 6. The molecule has 2 heterocycles. The zero-order valence-electron chi connectivity index (χ0n) is 15.3. The first-order valence-corrected chi connectivity index (χ1v) is 11.0. The number of carbonyl (C=O) groups is 1. The first-order chi connectivity index (χ1) is 14.0. The summed E-state index contributed by atoms with van der Waals surface area (Å²) in [5.74, 6) is -0.392. The van der Waals surface area contributed by atoms with Gasteiger partial charge in [0.25, 0.3) is 5.91 Å². The van der Waals surface area contributed by atoms with E-state index in [-0.39, 0.29) is 15.8 Å². The summed E-state index contributed by atoms with van der Waals surface area (Å²) in [6.07, 6.45) is -1.91. The van der Waals surface area contributed by atoms with Crippen molar-refractivity contribution in [2.75, 3.05) is 7.05 Å². The van der Waals surface area contributed by atoms with Gasteiger partial charge in [-0.1, -0.05) is 42.2 Å². The van der Waals surface area contributed by atoms with E-state index in [2.05, 4.69) is 9.71 Å². The monoisotopic (exact) mass is 473 g/mol. The molecule has 1 amide bonds. The van der Waals surface area contributed by atoms with Gasteiger partial charge in [-0.3, -0.25) is 14.7 Å². The molecule has 1 saturated heterocycles. The van der Waals surface area contributed by atoms with Gasteiger partial charge in [0.2, 0.25) is 10.0 Å². The van der Waals surface area contributed by atoms with Crippen LogP contribution < -0.4 is 4.72 Å². The second kappa shape index (κ2) is 8.46. The number of thioether (sulfide) groups is 1. The van der Waals surface area contributed by atoms with Crippen molar-refractivity contribution in [3.05, 3.63) is 64.3 Å². The number of sulfonamides is 1. The molecule has 2 aromatic rings. The van der Waals surface area contributed by atoms with Crippen LogP contribution in [0.1, 0.15) is 16.8 Å². The molecule has 1 aliphatic heterocycles. The zero-order valence-corrected chi connectivity index (χ0v) is 17.8. The Morgan fingerprint density at radius 1 is 1.20 bits per heavy atom. The van der Waals surface area contributed by atoms with Gasteiger partial charge in [0.05, 0.1) is 16.3 Å². The highest BCUT2D eigenvalue weighted by Crippen LogP contribution is 2.34. The molecule has 1 N–H and O–H groups in total. The van der Waals surface area contributed by atoms with Gasteiger partial charge >= 0.3 is 6.18 Å². The number of halogens is 3. The molecule has 158 valence electrons. The Morgan fingerprint density at radius 3 is 2.40 bits per heavy atom. The second-order valence-corrected chi connectivity index (χ2v) is 9.66. The summed E-state index contributed by atoms with van der Waals surface area (Å²) in [6, 6.07) is 8.02. The van der Waals surface area contributed by atoms with Crippen molar-refractivity contribution in [1.82, 2.24) is 14.6 Å². The van der Waals surface area contributed by atoms with Gasteiger partial charge in [0, 0.05) is 6.20 Å². The van der Waals surface area contributed by atoms with Crippen molar-refractivity contribution in [2.45, 2.75) is 17.6 Å². The molecule has 12 heteroatoms. The number of amides is 1. The van der Waals surface area contributed by atoms with E-state index in [9.17, 15) is 26.4 Å². The molecule has 1 aromatic heterocycles. The highest BCUT2D eigenvalue weighted by Gasteiger charge is 2.34. The second-order valence-electron chi connectivity index (χ2n) is 6.09. The smallest absolute Gasteiger partial charge is 0.288 e. The number of alkyl halides is 3. The predicted molar refractivity (Wildman–Crippen MR) is 111 cm³/mol. The van der Waals surface area contributed by atoms with Gasteiger partial charge in [-0.15, -0.1) is 0 Å². The third-order valence-electron chi connectivity index (χ3n) is 4.09. The summed E-state index contributed by atoms with van der Waals surface area (Å²) in [4.78, 5) is 17.7. The lowest BCUT2D eigenvalue weighted by molar-refractivity contribution is -0.141. The molecule has 6 nitrogen and oxygen atoms in total. The molecule has 0 unspecified atom stereocenters. The lowest BCUT2D eigenvalue weighted by Crippen LogP contribution is -2.27. The molecule has 0 saturated carbocycles. The predicted octanol–water partition coefficient (Wildman–Crippen LogP) is 3.41. The number of thiocarbonyl (C=S) groups is 1. The molecule has 0 radical (unpaired) electrons. The van der Waals surface area contributed by atoms with Crippen LogP contribution in [-0.4, -0.2) is 35.6 Å². The van der Waals surface area contributed by atoms with Crippen molar-refractivity contribution in [2.24, 2.45) is 0 Å². The standard InChI is InChI=1S/C18H14F3N3O3S3/c1-22-30(26,27)13-5-2-11(3-6-13)8-14-16(25)24(17(28)29-14)10-12-4-7-15(23-9-12)18(19,20)21/h2-9,22H,10H2,1H3/b14-8-. The normalized spacial score (nSPS) is 16.5. The minimum atomic E-state index is -4.54. The number of nitrogens with one attached hydrogen (secondary N) is 1. The van der Waals surface area contributed by atoms with Crippen LogP contribution in [0.15, 0.2) is 52.4 Å². The molecule has 0 spiro atoms. The Labute approximate surface area is 180 Å². The minimum absolute atomic E-state index is 0.00745. The molecule has 1 fully saturated rings. The van der Waals surface area contributed by atoms with Crippen LogP contribution in [0.25, 0.3) is 6.08 Å². The van der Waals surface area contributed by atoms with Crippen LogP contribution in [0.2, 0.25) is 0 Å². The SMILES string of the molecule is CNS(=O)(=O)c1ccc(/C=C2\SC(=S)N(Cc3ccc(C(F)(F)F)nc3)C2=O)cc1. The van der Waals surface area contributed by atoms with Crippen molar-refractivity contribution in [1.29, 1.82) is 0 Å². The van der Waals surface area contributed by atoms with Gasteiger partial charge in [-0.05, 0) is 42.4 Å². The third-order valence-corrected chi connectivity index (χ3v) is 6.89. The minimum Gasteiger partial charge on any atom is -0.288 e. The number of carbonyl (C=O) groups excluding carboxylic acids is 1. The number of hydrogen-bond donors (Lipinski definition) is 1. The number of rotatable bonds is 5. The van der Waals surface area contributed by atoms with E-state index in [4.69, 9.17) is 12.2 Å². The molecule has 1 aromatic carbocycles. The van der Waals surface area contributed by atoms with Gasteiger partial charge in [-0.2, -0.15) is 13.2 Å². The highest BCUT2D eigenvalue weighted by molar-refractivity contribution is 8.26. The molecule has 1 aliphatic rings. The topological polar surface area (TPSA) is 79.4 Å². The third kappa shape index (κ3) is 4.89. The van der Waals surface area contributed by atoms with Gasteiger partial charge in [0.1, 0.15) is 10.0 Å². The van der Waals surface area contributed by atoms with Crippen LogP contribution in [0, 0.1) is 0 Å². The van der Waals surface area contributed by atoms with Crippen LogP contribution in [-0.2, 0) is 27.5 Å². The maximum atomic E-state index is 12.7. The van der Waals surface area contributed by atoms with Crippen molar-refractivity contribution in [3.63, 3.8) is 0 Å². The summed E-state index contributed by atoms with van der Waals surface area (Å²) >= 11 is 6.28. The summed E-state index contributed by atoms with van der Waals surface area (Å²) < 4.78 is 63.9. The lowest BCUT2D eigenvalue weighted by atomic mass is 10.2. The maximum Gasteiger partial charge on any atom is 0.433 e. The Kier molecular flexibility index (Phi) is 6.32. The van der Waals surface area contributed by atoms with Crippen LogP contribution in [0.3, 0.4) is 0 Å². The summed E-state index contributed by atoms with van der Waals surface area (Å²) in [5, 5.41) is 0. The Hall–Kier alpha value is -2.28. The number of aromatic nitrogens is 1. The molecular weight excluding hydrogens is 459 g/mol. The van der Waals surface area contributed by atoms with Crippen molar-refractivity contribution in [3.8, 4) is 0 Å². The summed E-state index contributed by atoms with van der Waals surface area (Å²) in [6.45, 7) is -0.00745. The molecule has 0 bridgehead atoms. The quantitative estimate of drug-likeness (QED) is 0.530. The molecule has 30 heavy (non-hydrogen) atoms. The highest BCUT2D eigenvalue weighted by atomic mass is 32.2. The van der Waals surface area contributed by atoms with Gasteiger partial charge in [-0.25, -0.2) is 13.1 Å². The molecule has 0 atom stereocenters. The summed E-state index contributed by atoms with van der Waals surface area (Å²) in [5.41, 5.74) is -0.0100. The summed E-state index contributed by atoms with van der Waals surface area (Å²) in [7, 11) is -2.26. The molecule has 0 aliphatic carbocycles. The fraction of sp³-hybridized carbons (Fsp3) is 0.167. The van der Waals surface area contributed by atoms with E-state index in [1.165, 1.54) is 30.1 Å². The van der Waals surface area contributed by atoms with E-state index < -0.39 is 27.8 Å². The first kappa shape index (κ1) is 22.4. The van der Waals surface area contributed by atoms with Crippen molar-refractivity contribution < 1.29 is 26.4 Å². The molecule has 3 rings (SSSR count). The number of nitrogens with zero attached hydrogens (tertiary/aromatic N) is 2. The zero-order chi connectivity index (χ0) is 22.1. The Bertz CT molecular complexity index is 1110. The number of pyridine rings is 1. The average Bonchev–Trinajstić information content (AvgIpc) is 2.95. The van der Waals surface area contributed by atoms with E-state index in [0.717, 1.165) is 24.0 Å². The van der Waals surface area contributed by atoms with Crippen LogP contribution in [0.5, 0.6) is 0 Å². The fourth-order valence-electron chi connectivity index (χ4n) is 2.52. The Balaban J connectivity index is 1.76. The van der Waals surface area contributed by atoms with E-state index >= 15 is 0 Å². The maximum absolute atomic E-state index is 12.7. The van der Waals surface area contributed by atoms with Crippen molar-refractivity contribution >= 4 is 50.3 Å². The number of benzene rings is 1. The van der Waals surface area contributed by atoms with E-state index in [1.54, 1.807) is 18.2 Å². The van der Waals surface area contributed by atoms with Crippen LogP contribution in [0.4, 0.5) is 13.2 Å². The molecular formula is C18H14F3N3O3S3. The largest absolute Gasteiger partial charge is 0.433 e. The van der Waals surface area contributed by atoms with E-state index in [0.29, 0.717) is 16.0 Å². The van der Waals surface area contributed by atoms with E-state index in [1.807, 2.05) is 0 Å².